The molecule has 0 unspecified atom stereocenters. The van der Waals surface area contributed by atoms with Gasteiger partial charge < -0.3 is 14.6 Å². The predicted molar refractivity (Wildman–Crippen MR) is 58.8 cm³/mol. The third-order valence-corrected chi connectivity index (χ3v) is 2.55. The molecular formula is C11H9N3O4. The Morgan fingerprint density at radius 1 is 1.39 bits per heavy atom. The van der Waals surface area contributed by atoms with Crippen LogP contribution in [-0.4, -0.2) is 32.9 Å². The van der Waals surface area contributed by atoms with Gasteiger partial charge in [-0.2, -0.15) is 0 Å². The van der Waals surface area contributed by atoms with Gasteiger partial charge in [-0.15, -0.1) is 5.10 Å². The summed E-state index contributed by atoms with van der Waals surface area (Å²) < 4.78 is 11.9. The molecule has 1 N–H and O–H groups in total. The van der Waals surface area contributed by atoms with E-state index in [2.05, 4.69) is 10.3 Å². The standard InChI is InChI=1S/C11H9N3O4/c15-11(16)4-8-5-12-13-14(8)7-1-2-9-10(3-7)18-6-17-9/h1-3,5H,4,6H2,(H,15,16). The number of carboxylic acid groups (broad SMARTS) is 1. The summed E-state index contributed by atoms with van der Waals surface area (Å²) in [6, 6.07) is 5.26. The number of carboxylic acids is 1. The number of aliphatic carboxylic acids is 1. The van der Waals surface area contributed by atoms with Crippen LogP contribution in [0.2, 0.25) is 0 Å². The van der Waals surface area contributed by atoms with E-state index < -0.39 is 5.97 Å². The minimum Gasteiger partial charge on any atom is -0.481 e. The van der Waals surface area contributed by atoms with Crippen LogP contribution < -0.4 is 9.47 Å². The summed E-state index contributed by atoms with van der Waals surface area (Å²) in [7, 11) is 0. The Labute approximate surface area is 102 Å². The molecule has 7 nitrogen and oxygen atoms in total. The largest absolute Gasteiger partial charge is 0.481 e. The van der Waals surface area contributed by atoms with Crippen molar-refractivity contribution < 1.29 is 19.4 Å². The first-order chi connectivity index (χ1) is 8.74. The quantitative estimate of drug-likeness (QED) is 0.855. The Bertz CT molecular complexity index is 608. The van der Waals surface area contributed by atoms with E-state index in [0.717, 1.165) is 0 Å². The zero-order chi connectivity index (χ0) is 12.5. The summed E-state index contributed by atoms with van der Waals surface area (Å²) >= 11 is 0. The van der Waals surface area contributed by atoms with Crippen LogP contribution in [0.1, 0.15) is 5.69 Å². The highest BCUT2D eigenvalue weighted by Gasteiger charge is 2.16. The number of rotatable bonds is 3. The van der Waals surface area contributed by atoms with E-state index in [0.29, 0.717) is 22.9 Å². The zero-order valence-corrected chi connectivity index (χ0v) is 9.24. The number of fused-ring (bicyclic) bond motifs is 1. The van der Waals surface area contributed by atoms with Crippen LogP contribution in [0.3, 0.4) is 0 Å². The van der Waals surface area contributed by atoms with Gasteiger partial charge in [-0.25, -0.2) is 4.68 Å². The lowest BCUT2D eigenvalue weighted by atomic mass is 10.2. The monoisotopic (exact) mass is 247 g/mol. The van der Waals surface area contributed by atoms with Gasteiger partial charge in [0.25, 0.3) is 0 Å². The van der Waals surface area contributed by atoms with Crippen LogP contribution in [0, 0.1) is 0 Å². The number of nitrogens with zero attached hydrogens (tertiary/aromatic N) is 3. The van der Waals surface area contributed by atoms with E-state index in [1.54, 1.807) is 18.2 Å². The van der Waals surface area contributed by atoms with E-state index in [-0.39, 0.29) is 13.2 Å². The van der Waals surface area contributed by atoms with Crippen molar-refractivity contribution in [1.82, 2.24) is 15.0 Å². The van der Waals surface area contributed by atoms with Gasteiger partial charge in [-0.05, 0) is 12.1 Å². The summed E-state index contributed by atoms with van der Waals surface area (Å²) in [5.41, 5.74) is 1.19. The first-order valence-electron chi connectivity index (χ1n) is 5.25. The van der Waals surface area contributed by atoms with Crippen molar-refractivity contribution in [3.05, 3.63) is 30.1 Å². The summed E-state index contributed by atoms with van der Waals surface area (Å²) in [6.45, 7) is 0.193. The van der Waals surface area contributed by atoms with Crippen molar-refractivity contribution in [2.45, 2.75) is 6.42 Å². The third-order valence-electron chi connectivity index (χ3n) is 2.55. The fraction of sp³-hybridized carbons (Fsp3) is 0.182. The molecule has 0 radical (unpaired) electrons. The van der Waals surface area contributed by atoms with Crippen LogP contribution in [0.25, 0.3) is 5.69 Å². The van der Waals surface area contributed by atoms with Crippen molar-refractivity contribution in [3.63, 3.8) is 0 Å². The van der Waals surface area contributed by atoms with Crippen LogP contribution in [0.4, 0.5) is 0 Å². The van der Waals surface area contributed by atoms with Gasteiger partial charge in [0.2, 0.25) is 6.79 Å². The van der Waals surface area contributed by atoms with Crippen molar-refractivity contribution in [2.24, 2.45) is 0 Å². The highest BCUT2D eigenvalue weighted by molar-refractivity contribution is 5.69. The molecule has 1 aliphatic rings. The number of hydrogen-bond donors (Lipinski definition) is 1. The molecule has 0 bridgehead atoms. The van der Waals surface area contributed by atoms with Gasteiger partial charge >= 0.3 is 5.97 Å². The molecular weight excluding hydrogens is 238 g/mol. The van der Waals surface area contributed by atoms with E-state index in [4.69, 9.17) is 14.6 Å². The zero-order valence-electron chi connectivity index (χ0n) is 9.24. The number of hydrogen-bond acceptors (Lipinski definition) is 5. The second-order valence-electron chi connectivity index (χ2n) is 3.75. The van der Waals surface area contributed by atoms with Gasteiger partial charge in [-0.1, -0.05) is 5.21 Å². The second-order valence-corrected chi connectivity index (χ2v) is 3.75. The van der Waals surface area contributed by atoms with Crippen LogP contribution in [0.15, 0.2) is 24.4 Å². The van der Waals surface area contributed by atoms with Gasteiger partial charge in [0.05, 0.1) is 24.0 Å². The summed E-state index contributed by atoms with van der Waals surface area (Å²) in [5.74, 6) is 0.349. The van der Waals surface area contributed by atoms with Crippen molar-refractivity contribution in [2.75, 3.05) is 6.79 Å². The Balaban J connectivity index is 1.99. The Morgan fingerprint density at radius 3 is 3.06 bits per heavy atom. The lowest BCUT2D eigenvalue weighted by molar-refractivity contribution is -0.136. The Hall–Kier alpha value is -2.57. The molecule has 0 saturated carbocycles. The number of ether oxygens (including phenoxy) is 2. The molecule has 18 heavy (non-hydrogen) atoms. The van der Waals surface area contributed by atoms with Crippen molar-refractivity contribution in [3.8, 4) is 17.2 Å². The number of aromatic nitrogens is 3. The smallest absolute Gasteiger partial charge is 0.309 e. The molecule has 0 amide bonds. The first kappa shape index (κ1) is 10.6. The third kappa shape index (κ3) is 1.75. The summed E-state index contributed by atoms with van der Waals surface area (Å²) in [6.07, 6.45) is 1.29. The lowest BCUT2D eigenvalue weighted by Crippen LogP contribution is -2.07. The van der Waals surface area contributed by atoms with E-state index in [1.807, 2.05) is 0 Å². The van der Waals surface area contributed by atoms with Crippen molar-refractivity contribution in [1.29, 1.82) is 0 Å². The van der Waals surface area contributed by atoms with Crippen molar-refractivity contribution >= 4 is 5.97 Å². The van der Waals surface area contributed by atoms with Gasteiger partial charge in [0.15, 0.2) is 11.5 Å². The molecule has 3 rings (SSSR count). The molecule has 7 heteroatoms. The topological polar surface area (TPSA) is 86.5 Å². The van der Waals surface area contributed by atoms with Crippen LogP contribution in [0.5, 0.6) is 11.5 Å². The molecule has 0 spiro atoms. The molecule has 0 atom stereocenters. The molecule has 1 aromatic heterocycles. The molecule has 1 aliphatic heterocycles. The SMILES string of the molecule is O=C(O)Cc1cnnn1-c1ccc2c(c1)OCO2. The van der Waals surface area contributed by atoms with Gasteiger partial charge in [0.1, 0.15) is 0 Å². The number of carbonyl (C=O) groups is 1. The summed E-state index contributed by atoms with van der Waals surface area (Å²) in [5, 5.41) is 16.4. The molecule has 2 heterocycles. The Morgan fingerprint density at radius 2 is 2.22 bits per heavy atom. The molecule has 0 aliphatic carbocycles. The first-order valence-corrected chi connectivity index (χ1v) is 5.25. The van der Waals surface area contributed by atoms with Crippen LogP contribution in [-0.2, 0) is 11.2 Å². The molecule has 92 valence electrons. The highest BCUT2D eigenvalue weighted by Crippen LogP contribution is 2.33. The average molecular weight is 247 g/mol. The fourth-order valence-corrected chi connectivity index (χ4v) is 1.77. The second kappa shape index (κ2) is 4.02. The van der Waals surface area contributed by atoms with Gasteiger partial charge in [-0.3, -0.25) is 4.79 Å². The highest BCUT2D eigenvalue weighted by atomic mass is 16.7. The van der Waals surface area contributed by atoms with E-state index in [9.17, 15) is 4.79 Å². The lowest BCUT2D eigenvalue weighted by Gasteiger charge is -2.05. The Kier molecular flexibility index (Phi) is 2.36. The average Bonchev–Trinajstić information content (AvgIpc) is 2.95. The van der Waals surface area contributed by atoms with E-state index in [1.165, 1.54) is 10.9 Å². The predicted octanol–water partition coefficient (Wildman–Crippen LogP) is 0.623. The summed E-state index contributed by atoms with van der Waals surface area (Å²) in [4.78, 5) is 10.7. The van der Waals surface area contributed by atoms with Crippen LogP contribution >= 0.6 is 0 Å². The maximum atomic E-state index is 10.7. The molecule has 0 fully saturated rings. The number of benzene rings is 1. The fourth-order valence-electron chi connectivity index (χ4n) is 1.77. The molecule has 2 aromatic rings. The molecule has 0 saturated heterocycles. The maximum absolute atomic E-state index is 10.7. The minimum atomic E-state index is -0.931. The van der Waals surface area contributed by atoms with E-state index >= 15 is 0 Å². The normalized spacial score (nSPS) is 12.7. The molecule has 1 aromatic carbocycles. The maximum Gasteiger partial charge on any atom is 0.309 e. The van der Waals surface area contributed by atoms with Gasteiger partial charge in [0, 0.05) is 6.07 Å². The minimum absolute atomic E-state index is 0.137.